The maximum Gasteiger partial charge on any atom is 0.338 e. The number of benzene rings is 2. The SMILES string of the molecule is CCOC(=O)C1=C(C)NC(=O)N[C@@H]1c1ccc(OCC(=O)N/N=C\c2cc(Cl)c(OCC)c(Cl)c2)c(OC)c1. The molecule has 1 heterocycles. The predicted molar refractivity (Wildman–Crippen MR) is 146 cm³/mol. The Hall–Kier alpha value is -3.96. The van der Waals surface area contributed by atoms with Gasteiger partial charge >= 0.3 is 12.0 Å². The Labute approximate surface area is 235 Å². The number of esters is 1. The Kier molecular flexibility index (Phi) is 10.4. The van der Waals surface area contributed by atoms with Gasteiger partial charge in [-0.25, -0.2) is 15.0 Å². The number of rotatable bonds is 11. The topological polar surface area (TPSA) is 137 Å². The molecule has 13 heteroatoms. The van der Waals surface area contributed by atoms with Crippen molar-refractivity contribution in [3.05, 3.63) is 62.8 Å². The first-order valence-corrected chi connectivity index (χ1v) is 12.6. The van der Waals surface area contributed by atoms with Gasteiger partial charge in [0.05, 0.1) is 48.2 Å². The van der Waals surface area contributed by atoms with E-state index in [4.69, 9.17) is 42.1 Å². The van der Waals surface area contributed by atoms with Crippen molar-refractivity contribution in [3.8, 4) is 17.2 Å². The molecule has 208 valence electrons. The Morgan fingerprint density at radius 1 is 1.08 bits per heavy atom. The minimum atomic E-state index is -0.775. The summed E-state index contributed by atoms with van der Waals surface area (Å²) >= 11 is 12.3. The number of halogens is 2. The van der Waals surface area contributed by atoms with Crippen LogP contribution in [0.15, 0.2) is 46.7 Å². The van der Waals surface area contributed by atoms with Gasteiger partial charge in [-0.05, 0) is 56.2 Å². The molecule has 0 bridgehead atoms. The highest BCUT2D eigenvalue weighted by molar-refractivity contribution is 6.37. The van der Waals surface area contributed by atoms with Gasteiger partial charge in [-0.3, -0.25) is 4.79 Å². The molecule has 39 heavy (non-hydrogen) atoms. The molecular formula is C26H28Cl2N4O7. The van der Waals surface area contributed by atoms with E-state index < -0.39 is 23.9 Å². The number of hydrogen-bond donors (Lipinski definition) is 3. The molecule has 0 spiro atoms. The summed E-state index contributed by atoms with van der Waals surface area (Å²) in [5, 5.41) is 9.83. The van der Waals surface area contributed by atoms with E-state index in [-0.39, 0.29) is 30.3 Å². The molecule has 0 aromatic heterocycles. The van der Waals surface area contributed by atoms with Crippen LogP contribution in [-0.2, 0) is 14.3 Å². The monoisotopic (exact) mass is 578 g/mol. The van der Waals surface area contributed by atoms with E-state index >= 15 is 0 Å². The largest absolute Gasteiger partial charge is 0.493 e. The van der Waals surface area contributed by atoms with Crippen molar-refractivity contribution < 1.29 is 33.3 Å². The van der Waals surface area contributed by atoms with Crippen LogP contribution in [0.5, 0.6) is 17.2 Å². The third-order valence-corrected chi connectivity index (χ3v) is 5.92. The van der Waals surface area contributed by atoms with Gasteiger partial charge in [0.1, 0.15) is 0 Å². The second-order valence-electron chi connectivity index (χ2n) is 8.03. The first kappa shape index (κ1) is 29.6. The predicted octanol–water partition coefficient (Wildman–Crippen LogP) is 4.12. The van der Waals surface area contributed by atoms with Crippen molar-refractivity contribution in [1.82, 2.24) is 16.1 Å². The zero-order valence-corrected chi connectivity index (χ0v) is 23.2. The smallest absolute Gasteiger partial charge is 0.338 e. The molecule has 0 unspecified atom stereocenters. The van der Waals surface area contributed by atoms with Crippen molar-refractivity contribution in [3.63, 3.8) is 0 Å². The quantitative estimate of drug-likeness (QED) is 0.207. The first-order chi connectivity index (χ1) is 18.7. The molecule has 2 aromatic rings. The molecule has 3 rings (SSSR count). The number of methoxy groups -OCH3 is 1. The molecule has 1 atom stereocenters. The van der Waals surface area contributed by atoms with Crippen molar-refractivity contribution in [1.29, 1.82) is 0 Å². The summed E-state index contributed by atoms with van der Waals surface area (Å²) in [5.41, 5.74) is 4.11. The average Bonchev–Trinajstić information content (AvgIpc) is 2.89. The highest BCUT2D eigenvalue weighted by atomic mass is 35.5. The fourth-order valence-corrected chi connectivity index (χ4v) is 4.31. The van der Waals surface area contributed by atoms with Crippen LogP contribution < -0.4 is 30.3 Å². The standard InChI is InChI=1S/C26H28Cl2N4O7/c1-5-37-24-17(27)9-15(10-18(24)28)12-29-32-21(33)13-39-19-8-7-16(11-20(19)36-4)23-22(25(34)38-6-2)14(3)30-26(35)31-23/h7-12,23H,5-6,13H2,1-4H3,(H,32,33)(H2,30,31,35)/b29-12-/t23-/m1/s1. The van der Waals surface area contributed by atoms with E-state index in [1.54, 1.807) is 44.2 Å². The normalized spacial score (nSPS) is 14.9. The molecule has 3 N–H and O–H groups in total. The molecule has 1 aliphatic rings. The minimum Gasteiger partial charge on any atom is -0.493 e. The van der Waals surface area contributed by atoms with Crippen molar-refractivity contribution >= 4 is 47.3 Å². The molecule has 11 nitrogen and oxygen atoms in total. The van der Waals surface area contributed by atoms with E-state index in [0.717, 1.165) is 0 Å². The second-order valence-corrected chi connectivity index (χ2v) is 8.84. The van der Waals surface area contributed by atoms with Gasteiger partial charge in [0.2, 0.25) is 0 Å². The van der Waals surface area contributed by atoms with Gasteiger partial charge in [-0.2, -0.15) is 5.10 Å². The van der Waals surface area contributed by atoms with Crippen LogP contribution in [0.1, 0.15) is 37.9 Å². The van der Waals surface area contributed by atoms with Crippen molar-refractivity contribution in [2.45, 2.75) is 26.8 Å². The molecule has 0 saturated heterocycles. The van der Waals surface area contributed by atoms with Crippen LogP contribution in [0.3, 0.4) is 0 Å². The molecule has 0 aliphatic carbocycles. The van der Waals surface area contributed by atoms with E-state index in [2.05, 4.69) is 21.2 Å². The summed E-state index contributed by atoms with van der Waals surface area (Å²) in [5.74, 6) is -0.158. The van der Waals surface area contributed by atoms with E-state index in [9.17, 15) is 14.4 Å². The average molecular weight is 579 g/mol. The minimum absolute atomic E-state index is 0.181. The van der Waals surface area contributed by atoms with E-state index in [0.29, 0.717) is 39.2 Å². The van der Waals surface area contributed by atoms with Gasteiger partial charge in [-0.15, -0.1) is 0 Å². The number of urea groups is 1. The summed E-state index contributed by atoms with van der Waals surface area (Å²) in [6.07, 6.45) is 1.38. The molecule has 1 aliphatic heterocycles. The molecule has 2 aromatic carbocycles. The zero-order valence-electron chi connectivity index (χ0n) is 21.7. The lowest BCUT2D eigenvalue weighted by atomic mass is 9.95. The molecule has 3 amide bonds. The van der Waals surface area contributed by atoms with Crippen LogP contribution in [0.25, 0.3) is 0 Å². The van der Waals surface area contributed by atoms with Crippen LogP contribution in [0.2, 0.25) is 10.0 Å². The van der Waals surface area contributed by atoms with Gasteiger partial charge in [-0.1, -0.05) is 29.3 Å². The fraction of sp³-hybridized carbons (Fsp3) is 0.308. The number of carbonyl (C=O) groups excluding carboxylic acids is 3. The van der Waals surface area contributed by atoms with Crippen molar-refractivity contribution in [2.24, 2.45) is 5.10 Å². The number of amides is 3. The van der Waals surface area contributed by atoms with Gasteiger partial charge in [0.15, 0.2) is 23.9 Å². The van der Waals surface area contributed by atoms with Crippen LogP contribution >= 0.6 is 23.2 Å². The third kappa shape index (κ3) is 7.55. The number of nitrogens with one attached hydrogen (secondary N) is 3. The van der Waals surface area contributed by atoms with Gasteiger partial charge in [0.25, 0.3) is 5.91 Å². The fourth-order valence-electron chi connectivity index (χ4n) is 3.70. The Morgan fingerprint density at radius 3 is 2.44 bits per heavy atom. The highest BCUT2D eigenvalue weighted by Gasteiger charge is 2.32. The Balaban J connectivity index is 1.67. The number of allylic oxidation sites excluding steroid dienone is 1. The number of ether oxygens (including phenoxy) is 4. The van der Waals surface area contributed by atoms with Gasteiger partial charge in [0, 0.05) is 5.70 Å². The maximum absolute atomic E-state index is 12.5. The molecule has 0 fully saturated rings. The summed E-state index contributed by atoms with van der Waals surface area (Å²) in [7, 11) is 1.43. The Morgan fingerprint density at radius 2 is 1.79 bits per heavy atom. The lowest BCUT2D eigenvalue weighted by Crippen LogP contribution is -2.45. The highest BCUT2D eigenvalue weighted by Crippen LogP contribution is 2.35. The number of hydrogen-bond acceptors (Lipinski definition) is 8. The summed E-state index contributed by atoms with van der Waals surface area (Å²) in [6, 6.07) is 6.79. The number of hydrazone groups is 1. The molecule has 0 saturated carbocycles. The van der Waals surface area contributed by atoms with Crippen molar-refractivity contribution in [2.75, 3.05) is 26.9 Å². The summed E-state index contributed by atoms with van der Waals surface area (Å²) in [6.45, 7) is 5.36. The summed E-state index contributed by atoms with van der Waals surface area (Å²) < 4.78 is 21.5. The molecule has 0 radical (unpaired) electrons. The van der Waals surface area contributed by atoms with E-state index in [1.165, 1.54) is 13.3 Å². The second kappa shape index (κ2) is 13.7. The lowest BCUT2D eigenvalue weighted by molar-refractivity contribution is -0.139. The number of nitrogens with zero attached hydrogens (tertiary/aromatic N) is 1. The van der Waals surface area contributed by atoms with E-state index in [1.807, 2.05) is 6.92 Å². The zero-order chi connectivity index (χ0) is 28.5. The summed E-state index contributed by atoms with van der Waals surface area (Å²) in [4.78, 5) is 36.9. The first-order valence-electron chi connectivity index (χ1n) is 11.9. The van der Waals surface area contributed by atoms with Crippen LogP contribution in [0.4, 0.5) is 4.79 Å². The molecular weight excluding hydrogens is 551 g/mol. The van der Waals surface area contributed by atoms with Crippen LogP contribution in [0, 0.1) is 0 Å². The van der Waals surface area contributed by atoms with Gasteiger partial charge < -0.3 is 29.6 Å². The third-order valence-electron chi connectivity index (χ3n) is 5.36. The maximum atomic E-state index is 12.5. The van der Waals surface area contributed by atoms with Crippen LogP contribution in [-0.4, -0.2) is 51.1 Å². The number of carbonyl (C=O) groups is 3. The Bertz CT molecular complexity index is 1290. The lowest BCUT2D eigenvalue weighted by Gasteiger charge is -2.28.